The molecule has 1 fully saturated rings. The standard InChI is InChI=1S/C22H23FN2O2S/c1-15-14-17(22(28-15)24-21(26)19-10-7-13-27-19)20(25-11-5-2-6-12-25)16-8-3-4-9-18(16)23/h3-4,7-10,13-14,20H,2,5-6,11-12H2,1H3,(H,24,26)/t20-/m1/s1. The largest absolute Gasteiger partial charge is 0.459 e. The molecule has 0 saturated carbocycles. The monoisotopic (exact) mass is 398 g/mol. The number of halogens is 1. The molecular weight excluding hydrogens is 375 g/mol. The van der Waals surface area contributed by atoms with Gasteiger partial charge >= 0.3 is 0 Å². The second kappa shape index (κ2) is 8.29. The highest BCUT2D eigenvalue weighted by Gasteiger charge is 2.30. The molecule has 4 nitrogen and oxygen atoms in total. The smallest absolute Gasteiger partial charge is 0.291 e. The summed E-state index contributed by atoms with van der Waals surface area (Å²) < 4.78 is 20.0. The first-order valence-electron chi connectivity index (χ1n) is 9.57. The van der Waals surface area contributed by atoms with Crippen molar-refractivity contribution in [2.24, 2.45) is 0 Å². The van der Waals surface area contributed by atoms with E-state index in [0.29, 0.717) is 5.56 Å². The van der Waals surface area contributed by atoms with E-state index >= 15 is 0 Å². The molecule has 4 rings (SSSR count). The predicted molar refractivity (Wildman–Crippen MR) is 109 cm³/mol. The van der Waals surface area contributed by atoms with Crippen molar-refractivity contribution in [3.63, 3.8) is 0 Å². The maximum absolute atomic E-state index is 14.8. The molecule has 2 aromatic heterocycles. The fourth-order valence-corrected chi connectivity index (χ4v) is 4.78. The van der Waals surface area contributed by atoms with Crippen molar-refractivity contribution < 1.29 is 13.6 Å². The van der Waals surface area contributed by atoms with Gasteiger partial charge in [0, 0.05) is 16.0 Å². The molecule has 1 N–H and O–H groups in total. The first-order valence-corrected chi connectivity index (χ1v) is 10.4. The zero-order valence-corrected chi connectivity index (χ0v) is 16.6. The Hall–Kier alpha value is -2.44. The summed E-state index contributed by atoms with van der Waals surface area (Å²) in [6.07, 6.45) is 4.88. The molecule has 0 spiro atoms. The maximum Gasteiger partial charge on any atom is 0.291 e. The van der Waals surface area contributed by atoms with E-state index in [1.54, 1.807) is 18.2 Å². The molecule has 146 valence electrons. The normalized spacial score (nSPS) is 16.1. The van der Waals surface area contributed by atoms with Gasteiger partial charge in [-0.2, -0.15) is 0 Å². The molecule has 1 aromatic carbocycles. The molecule has 1 aliphatic heterocycles. The first-order chi connectivity index (χ1) is 13.6. The molecule has 0 radical (unpaired) electrons. The summed E-state index contributed by atoms with van der Waals surface area (Å²) in [6, 6.07) is 12.1. The Morgan fingerprint density at radius 1 is 1.14 bits per heavy atom. The second-order valence-corrected chi connectivity index (χ2v) is 8.35. The van der Waals surface area contributed by atoms with Gasteiger partial charge in [0.25, 0.3) is 5.91 Å². The molecule has 3 heterocycles. The van der Waals surface area contributed by atoms with Crippen LogP contribution in [0.5, 0.6) is 0 Å². The van der Waals surface area contributed by atoms with Crippen LogP contribution in [0.4, 0.5) is 9.39 Å². The zero-order chi connectivity index (χ0) is 19.5. The number of likely N-dealkylation sites (tertiary alicyclic amines) is 1. The molecule has 1 saturated heterocycles. The van der Waals surface area contributed by atoms with Crippen LogP contribution in [0.25, 0.3) is 0 Å². The van der Waals surface area contributed by atoms with Crippen molar-refractivity contribution in [3.8, 4) is 0 Å². The number of carbonyl (C=O) groups excluding carboxylic acids is 1. The van der Waals surface area contributed by atoms with Crippen LogP contribution in [-0.2, 0) is 0 Å². The molecule has 0 aliphatic carbocycles. The van der Waals surface area contributed by atoms with Crippen molar-refractivity contribution in [1.82, 2.24) is 4.90 Å². The topological polar surface area (TPSA) is 45.5 Å². The van der Waals surface area contributed by atoms with Crippen molar-refractivity contribution in [2.75, 3.05) is 18.4 Å². The summed E-state index contributed by atoms with van der Waals surface area (Å²) in [6.45, 7) is 3.84. The van der Waals surface area contributed by atoms with Crippen LogP contribution in [0.2, 0.25) is 0 Å². The predicted octanol–water partition coefficient (Wildman–Crippen LogP) is 5.62. The number of nitrogens with zero attached hydrogens (tertiary/aromatic N) is 1. The minimum absolute atomic E-state index is 0.217. The van der Waals surface area contributed by atoms with E-state index in [1.807, 2.05) is 19.1 Å². The van der Waals surface area contributed by atoms with Crippen LogP contribution in [0.15, 0.2) is 53.1 Å². The third kappa shape index (κ3) is 3.88. The molecule has 28 heavy (non-hydrogen) atoms. The van der Waals surface area contributed by atoms with Gasteiger partial charge < -0.3 is 9.73 Å². The summed E-state index contributed by atoms with van der Waals surface area (Å²) in [5.74, 6) is -0.248. The lowest BCUT2D eigenvalue weighted by Crippen LogP contribution is -2.35. The van der Waals surface area contributed by atoms with Crippen LogP contribution in [0.3, 0.4) is 0 Å². The summed E-state index contributed by atoms with van der Waals surface area (Å²) in [7, 11) is 0. The van der Waals surface area contributed by atoms with Gasteiger partial charge in [-0.3, -0.25) is 9.69 Å². The first kappa shape index (κ1) is 18.9. The minimum Gasteiger partial charge on any atom is -0.459 e. The average Bonchev–Trinajstić information content (AvgIpc) is 3.35. The van der Waals surface area contributed by atoms with Gasteiger partial charge in [0.2, 0.25) is 0 Å². The number of furan rings is 1. The molecular formula is C22H23FN2O2S. The Kier molecular flexibility index (Phi) is 5.59. The summed E-state index contributed by atoms with van der Waals surface area (Å²) in [4.78, 5) is 16.0. The average molecular weight is 399 g/mol. The lowest BCUT2D eigenvalue weighted by atomic mass is 9.95. The van der Waals surface area contributed by atoms with E-state index < -0.39 is 0 Å². The van der Waals surface area contributed by atoms with E-state index in [-0.39, 0.29) is 23.5 Å². The summed E-state index contributed by atoms with van der Waals surface area (Å²) >= 11 is 1.51. The molecule has 1 amide bonds. The number of hydrogen-bond donors (Lipinski definition) is 1. The van der Waals surface area contributed by atoms with Crippen molar-refractivity contribution >= 4 is 22.2 Å². The molecule has 6 heteroatoms. The highest BCUT2D eigenvalue weighted by atomic mass is 32.1. The third-order valence-electron chi connectivity index (χ3n) is 5.11. The van der Waals surface area contributed by atoms with Gasteiger partial charge in [-0.15, -0.1) is 11.3 Å². The number of hydrogen-bond acceptors (Lipinski definition) is 4. The zero-order valence-electron chi connectivity index (χ0n) is 15.8. The highest BCUT2D eigenvalue weighted by Crippen LogP contribution is 2.40. The summed E-state index contributed by atoms with van der Waals surface area (Å²) in [5.41, 5.74) is 1.59. The molecule has 1 aliphatic rings. The van der Waals surface area contributed by atoms with Crippen molar-refractivity contribution in [1.29, 1.82) is 0 Å². The molecule has 0 bridgehead atoms. The number of anilines is 1. The van der Waals surface area contributed by atoms with E-state index in [9.17, 15) is 9.18 Å². The number of rotatable bonds is 5. The Bertz CT molecular complexity index is 945. The Morgan fingerprint density at radius 3 is 2.64 bits per heavy atom. The number of piperidine rings is 1. The second-order valence-electron chi connectivity index (χ2n) is 7.09. The lowest BCUT2D eigenvalue weighted by Gasteiger charge is -2.35. The highest BCUT2D eigenvalue weighted by molar-refractivity contribution is 7.16. The lowest BCUT2D eigenvalue weighted by molar-refractivity contribution is 0.0996. The van der Waals surface area contributed by atoms with Gasteiger partial charge in [0.05, 0.1) is 12.3 Å². The number of thiophene rings is 1. The maximum atomic E-state index is 14.8. The van der Waals surface area contributed by atoms with Crippen LogP contribution in [0, 0.1) is 12.7 Å². The van der Waals surface area contributed by atoms with Gasteiger partial charge in [-0.25, -0.2) is 4.39 Å². The van der Waals surface area contributed by atoms with Crippen LogP contribution in [-0.4, -0.2) is 23.9 Å². The van der Waals surface area contributed by atoms with Crippen LogP contribution < -0.4 is 5.32 Å². The Balaban J connectivity index is 1.74. The molecule has 0 unspecified atom stereocenters. The van der Waals surface area contributed by atoms with E-state index in [1.165, 1.54) is 30.1 Å². The van der Waals surface area contributed by atoms with Crippen LogP contribution in [0.1, 0.15) is 51.9 Å². The summed E-state index contributed by atoms with van der Waals surface area (Å²) in [5, 5.41) is 3.73. The third-order valence-corrected chi connectivity index (χ3v) is 6.09. The van der Waals surface area contributed by atoms with Gasteiger partial charge in [-0.05, 0) is 57.1 Å². The Morgan fingerprint density at radius 2 is 1.93 bits per heavy atom. The Labute approximate surface area is 168 Å². The van der Waals surface area contributed by atoms with Crippen molar-refractivity contribution in [2.45, 2.75) is 32.2 Å². The number of benzene rings is 1. The minimum atomic E-state index is -0.293. The molecule has 3 aromatic rings. The molecule has 1 atom stereocenters. The number of nitrogens with one attached hydrogen (secondary N) is 1. The number of carbonyl (C=O) groups is 1. The quantitative estimate of drug-likeness (QED) is 0.607. The number of amides is 1. The van der Waals surface area contributed by atoms with Crippen LogP contribution >= 0.6 is 11.3 Å². The van der Waals surface area contributed by atoms with E-state index in [4.69, 9.17) is 4.42 Å². The van der Waals surface area contributed by atoms with E-state index in [0.717, 1.165) is 41.4 Å². The fraction of sp³-hybridized carbons (Fsp3) is 0.318. The van der Waals surface area contributed by atoms with E-state index in [2.05, 4.69) is 16.3 Å². The number of aryl methyl sites for hydroxylation is 1. The fourth-order valence-electron chi connectivity index (χ4n) is 3.84. The SMILES string of the molecule is Cc1cc([C@@H](c2ccccc2F)N2CCCCC2)c(NC(=O)c2ccco2)s1. The van der Waals surface area contributed by atoms with Crippen molar-refractivity contribution in [3.05, 3.63) is 76.3 Å². The van der Waals surface area contributed by atoms with Gasteiger partial charge in [0.15, 0.2) is 5.76 Å². The van der Waals surface area contributed by atoms with Gasteiger partial charge in [-0.1, -0.05) is 24.6 Å². The van der Waals surface area contributed by atoms with Gasteiger partial charge in [0.1, 0.15) is 10.8 Å².